The number of aromatic nitrogens is 2. The predicted molar refractivity (Wildman–Crippen MR) is 104 cm³/mol. The van der Waals surface area contributed by atoms with Crippen molar-refractivity contribution in [1.29, 1.82) is 0 Å². The van der Waals surface area contributed by atoms with E-state index in [0.717, 1.165) is 17.2 Å². The van der Waals surface area contributed by atoms with Crippen LogP contribution in [-0.2, 0) is 16.6 Å². The monoisotopic (exact) mass is 396 g/mol. The molecule has 8 nitrogen and oxygen atoms in total. The smallest absolute Gasteiger partial charge is 0.242 e. The highest BCUT2D eigenvalue weighted by molar-refractivity contribution is 7.89. The number of aryl methyl sites for hydroxylation is 1. The van der Waals surface area contributed by atoms with Gasteiger partial charge in [-0.25, -0.2) is 18.1 Å². The third-order valence-corrected chi connectivity index (χ3v) is 5.64. The molecule has 0 aromatic carbocycles. The molecule has 2 heterocycles. The zero-order valence-electron chi connectivity index (χ0n) is 15.1. The Morgan fingerprint density at radius 3 is 2.85 bits per heavy atom. The van der Waals surface area contributed by atoms with E-state index in [1.54, 1.807) is 17.4 Å². The summed E-state index contributed by atoms with van der Waals surface area (Å²) in [6.07, 6.45) is 2.85. The third-order valence-electron chi connectivity index (χ3n) is 3.37. The summed E-state index contributed by atoms with van der Waals surface area (Å²) in [6, 6.07) is 3.09. The molecule has 0 aliphatic carbocycles. The van der Waals surface area contributed by atoms with Gasteiger partial charge in [0.2, 0.25) is 10.0 Å². The first-order valence-corrected chi connectivity index (χ1v) is 10.6. The number of thiazole rings is 1. The van der Waals surface area contributed by atoms with E-state index >= 15 is 0 Å². The minimum Gasteiger partial charge on any atom is -0.357 e. The Hall–Kier alpha value is -2.04. The number of rotatable bonds is 8. The number of sulfonamides is 1. The fraction of sp³-hybridized carbons (Fsp3) is 0.438. The largest absolute Gasteiger partial charge is 0.357 e. The highest BCUT2D eigenvalue weighted by Crippen LogP contribution is 2.10. The van der Waals surface area contributed by atoms with Gasteiger partial charge < -0.3 is 10.2 Å². The molecule has 0 aliphatic heterocycles. The number of nitrogens with one attached hydrogen (secondary N) is 2. The minimum absolute atomic E-state index is 0.145. The lowest BCUT2D eigenvalue weighted by molar-refractivity contribution is 0.471. The van der Waals surface area contributed by atoms with Crippen molar-refractivity contribution in [3.8, 4) is 0 Å². The van der Waals surface area contributed by atoms with Gasteiger partial charge in [0, 0.05) is 37.9 Å². The van der Waals surface area contributed by atoms with E-state index in [-0.39, 0.29) is 11.4 Å². The average molecular weight is 397 g/mol. The molecule has 0 spiro atoms. The summed E-state index contributed by atoms with van der Waals surface area (Å²) in [5, 5.41) is 6.26. The van der Waals surface area contributed by atoms with Crippen LogP contribution in [0.3, 0.4) is 0 Å². The summed E-state index contributed by atoms with van der Waals surface area (Å²) in [5.74, 6) is 0.707. The van der Waals surface area contributed by atoms with Crippen LogP contribution >= 0.6 is 11.3 Å². The molecule has 2 aromatic heterocycles. The zero-order chi connectivity index (χ0) is 19.0. The van der Waals surface area contributed by atoms with Crippen LogP contribution in [0, 0.1) is 6.92 Å². The Morgan fingerprint density at radius 2 is 2.23 bits per heavy atom. The van der Waals surface area contributed by atoms with Crippen molar-refractivity contribution < 1.29 is 8.42 Å². The van der Waals surface area contributed by atoms with Crippen LogP contribution < -0.4 is 10.0 Å². The summed E-state index contributed by atoms with van der Waals surface area (Å²) in [5.41, 5.74) is 0.984. The number of guanidine groups is 1. The first-order valence-electron chi connectivity index (χ1n) is 8.22. The first kappa shape index (κ1) is 20.3. The number of hydrogen-bond acceptors (Lipinski definition) is 6. The molecule has 0 amide bonds. The first-order chi connectivity index (χ1) is 12.4. The number of nitrogens with zero attached hydrogens (tertiary/aromatic N) is 4. The minimum atomic E-state index is -3.56. The van der Waals surface area contributed by atoms with Crippen molar-refractivity contribution in [1.82, 2.24) is 24.9 Å². The molecule has 0 saturated heterocycles. The van der Waals surface area contributed by atoms with Gasteiger partial charge >= 0.3 is 0 Å². The quantitative estimate of drug-likeness (QED) is 0.395. The molecule has 2 aromatic rings. The standard InChI is InChI=1S/C16H24N6O2S2/c1-4-18-16(22(3)11-14-12-25-13(2)21-14)19-8-9-20-26(23,24)15-6-5-7-17-10-15/h5-7,10,12,20H,4,8-9,11H2,1-3H3,(H,18,19). The van der Waals surface area contributed by atoms with Gasteiger partial charge in [0.1, 0.15) is 4.90 Å². The van der Waals surface area contributed by atoms with Crippen LogP contribution in [0.5, 0.6) is 0 Å². The summed E-state index contributed by atoms with van der Waals surface area (Å²) in [6.45, 7) is 5.85. The van der Waals surface area contributed by atoms with Crippen LogP contribution in [0.15, 0.2) is 39.8 Å². The maximum absolute atomic E-state index is 12.1. The van der Waals surface area contributed by atoms with Crippen LogP contribution in [0.1, 0.15) is 17.6 Å². The van der Waals surface area contributed by atoms with E-state index in [0.29, 0.717) is 19.0 Å². The third kappa shape index (κ3) is 6.04. The Balaban J connectivity index is 1.92. The van der Waals surface area contributed by atoms with Gasteiger partial charge in [-0.3, -0.25) is 9.98 Å². The molecule has 142 valence electrons. The lowest BCUT2D eigenvalue weighted by Crippen LogP contribution is -2.39. The molecular weight excluding hydrogens is 372 g/mol. The molecule has 0 aliphatic rings. The number of aliphatic imine (C=N–C) groups is 1. The normalized spacial score (nSPS) is 12.2. The Labute approximate surface area is 158 Å². The lowest BCUT2D eigenvalue weighted by Gasteiger charge is -2.21. The molecule has 0 radical (unpaired) electrons. The Bertz CT molecular complexity index is 820. The Kier molecular flexibility index (Phi) is 7.49. The van der Waals surface area contributed by atoms with Crippen molar-refractivity contribution in [3.63, 3.8) is 0 Å². The van der Waals surface area contributed by atoms with Gasteiger partial charge in [-0.15, -0.1) is 11.3 Å². The molecule has 0 saturated carbocycles. The van der Waals surface area contributed by atoms with Crippen molar-refractivity contribution in [3.05, 3.63) is 40.6 Å². The fourth-order valence-corrected chi connectivity index (χ4v) is 3.79. The van der Waals surface area contributed by atoms with Gasteiger partial charge in [-0.1, -0.05) is 0 Å². The second-order valence-electron chi connectivity index (χ2n) is 5.54. The zero-order valence-corrected chi connectivity index (χ0v) is 16.8. The summed E-state index contributed by atoms with van der Waals surface area (Å²) in [4.78, 5) is 14.9. The van der Waals surface area contributed by atoms with Gasteiger partial charge in [0.05, 0.1) is 23.8 Å². The van der Waals surface area contributed by atoms with E-state index < -0.39 is 10.0 Å². The number of pyridine rings is 1. The second-order valence-corrected chi connectivity index (χ2v) is 8.37. The van der Waals surface area contributed by atoms with Crippen molar-refractivity contribution in [2.75, 3.05) is 26.7 Å². The molecule has 0 fully saturated rings. The Morgan fingerprint density at radius 1 is 1.42 bits per heavy atom. The molecule has 0 bridgehead atoms. The topological polar surface area (TPSA) is 99.6 Å². The van der Waals surface area contributed by atoms with Gasteiger partial charge in [0.15, 0.2) is 5.96 Å². The molecule has 10 heteroatoms. The molecule has 0 unspecified atom stereocenters. The van der Waals surface area contributed by atoms with Crippen LogP contribution in [0.2, 0.25) is 0 Å². The fourth-order valence-electron chi connectivity index (χ4n) is 2.20. The molecule has 2 N–H and O–H groups in total. The maximum Gasteiger partial charge on any atom is 0.242 e. The summed E-state index contributed by atoms with van der Waals surface area (Å²) >= 11 is 1.61. The molecule has 0 atom stereocenters. The summed E-state index contributed by atoms with van der Waals surface area (Å²) in [7, 11) is -1.63. The van der Waals surface area contributed by atoms with E-state index in [1.165, 1.54) is 18.5 Å². The van der Waals surface area contributed by atoms with E-state index in [1.807, 2.05) is 31.2 Å². The van der Waals surface area contributed by atoms with Crippen LogP contribution in [-0.4, -0.2) is 55.9 Å². The van der Waals surface area contributed by atoms with Crippen molar-refractivity contribution >= 4 is 27.3 Å². The van der Waals surface area contributed by atoms with Gasteiger partial charge in [0.25, 0.3) is 0 Å². The maximum atomic E-state index is 12.1. The van der Waals surface area contributed by atoms with E-state index in [2.05, 4.69) is 25.0 Å². The van der Waals surface area contributed by atoms with E-state index in [4.69, 9.17) is 0 Å². The van der Waals surface area contributed by atoms with Gasteiger partial charge in [-0.2, -0.15) is 0 Å². The SMILES string of the molecule is CCNC(=NCCNS(=O)(=O)c1cccnc1)N(C)Cc1csc(C)n1. The second kappa shape index (κ2) is 9.60. The van der Waals surface area contributed by atoms with Crippen LogP contribution in [0.25, 0.3) is 0 Å². The summed E-state index contributed by atoms with van der Waals surface area (Å²) < 4.78 is 26.8. The average Bonchev–Trinajstić information content (AvgIpc) is 3.03. The van der Waals surface area contributed by atoms with Crippen molar-refractivity contribution in [2.24, 2.45) is 4.99 Å². The molecular formula is C16H24N6O2S2. The van der Waals surface area contributed by atoms with Crippen molar-refractivity contribution in [2.45, 2.75) is 25.3 Å². The molecule has 2 rings (SSSR count). The number of hydrogen-bond donors (Lipinski definition) is 2. The highest BCUT2D eigenvalue weighted by atomic mass is 32.2. The van der Waals surface area contributed by atoms with E-state index in [9.17, 15) is 8.42 Å². The van der Waals surface area contributed by atoms with Crippen LogP contribution in [0.4, 0.5) is 0 Å². The molecule has 26 heavy (non-hydrogen) atoms. The lowest BCUT2D eigenvalue weighted by atomic mass is 10.4. The highest BCUT2D eigenvalue weighted by Gasteiger charge is 2.13. The predicted octanol–water partition coefficient (Wildman–Crippen LogP) is 1.22. The van der Waals surface area contributed by atoms with Gasteiger partial charge in [-0.05, 0) is 26.0 Å².